The molecule has 1 aromatic heterocycles. The Morgan fingerprint density at radius 3 is 2.50 bits per heavy atom. The number of carbonyl (C=O) groups is 1. The normalized spacial score (nSPS) is 10.8. The molecular formula is C19H18N2O2S. The Bertz CT molecular complexity index is 898. The van der Waals surface area contributed by atoms with Crippen LogP contribution < -0.4 is 5.73 Å². The minimum absolute atomic E-state index is 0.264. The molecule has 0 unspecified atom stereocenters. The van der Waals surface area contributed by atoms with E-state index in [4.69, 9.17) is 5.73 Å². The van der Waals surface area contributed by atoms with Crippen LogP contribution in [-0.2, 0) is 6.42 Å². The Morgan fingerprint density at radius 1 is 1.17 bits per heavy atom. The molecule has 1 heterocycles. The summed E-state index contributed by atoms with van der Waals surface area (Å²) in [6, 6.07) is 12.8. The summed E-state index contributed by atoms with van der Waals surface area (Å²) in [5.74, 6) is -0.145. The van der Waals surface area contributed by atoms with Gasteiger partial charge in [-0.05, 0) is 54.8 Å². The van der Waals surface area contributed by atoms with E-state index in [2.05, 4.69) is 4.98 Å². The number of phenols is 1. The lowest BCUT2D eigenvalue weighted by Crippen LogP contribution is -2.12. The monoisotopic (exact) mass is 338 g/mol. The predicted molar refractivity (Wildman–Crippen MR) is 96.5 cm³/mol. The zero-order chi connectivity index (χ0) is 17.3. The number of amides is 1. The first-order valence-electron chi connectivity index (χ1n) is 7.59. The van der Waals surface area contributed by atoms with Gasteiger partial charge >= 0.3 is 0 Å². The van der Waals surface area contributed by atoms with Gasteiger partial charge in [0.25, 0.3) is 0 Å². The summed E-state index contributed by atoms with van der Waals surface area (Å²) in [6.45, 7) is 3.88. The SMILES string of the molecule is Cc1cc(-c2sc(Cc3ccc(O)cc3)nc2C)ccc1C(N)=O. The molecule has 3 aromatic rings. The van der Waals surface area contributed by atoms with Gasteiger partial charge in [0.1, 0.15) is 5.75 Å². The number of aromatic hydroxyl groups is 1. The Balaban J connectivity index is 1.90. The van der Waals surface area contributed by atoms with Gasteiger partial charge < -0.3 is 10.8 Å². The smallest absolute Gasteiger partial charge is 0.248 e. The van der Waals surface area contributed by atoms with E-state index >= 15 is 0 Å². The molecule has 0 aliphatic carbocycles. The molecule has 0 fully saturated rings. The van der Waals surface area contributed by atoms with Gasteiger partial charge in [0.15, 0.2) is 0 Å². The van der Waals surface area contributed by atoms with Crippen molar-refractivity contribution in [1.82, 2.24) is 4.98 Å². The quantitative estimate of drug-likeness (QED) is 0.759. The second-order valence-electron chi connectivity index (χ2n) is 5.76. The highest BCUT2D eigenvalue weighted by Crippen LogP contribution is 2.32. The van der Waals surface area contributed by atoms with E-state index < -0.39 is 5.91 Å². The maximum atomic E-state index is 11.4. The van der Waals surface area contributed by atoms with Crippen LogP contribution in [-0.4, -0.2) is 16.0 Å². The highest BCUT2D eigenvalue weighted by atomic mass is 32.1. The Labute approximate surface area is 144 Å². The van der Waals surface area contributed by atoms with Crippen LogP contribution in [0.15, 0.2) is 42.5 Å². The lowest BCUT2D eigenvalue weighted by atomic mass is 10.0. The molecule has 0 atom stereocenters. The van der Waals surface area contributed by atoms with Gasteiger partial charge in [0, 0.05) is 12.0 Å². The number of primary amides is 1. The van der Waals surface area contributed by atoms with Gasteiger partial charge in [-0.2, -0.15) is 0 Å². The molecule has 0 saturated heterocycles. The van der Waals surface area contributed by atoms with E-state index in [0.29, 0.717) is 5.56 Å². The maximum absolute atomic E-state index is 11.4. The largest absolute Gasteiger partial charge is 0.508 e. The highest BCUT2D eigenvalue weighted by Gasteiger charge is 2.13. The average Bonchev–Trinajstić information content (AvgIpc) is 2.89. The lowest BCUT2D eigenvalue weighted by Gasteiger charge is -2.05. The third kappa shape index (κ3) is 3.31. The van der Waals surface area contributed by atoms with Crippen molar-refractivity contribution in [2.24, 2.45) is 5.73 Å². The molecule has 24 heavy (non-hydrogen) atoms. The van der Waals surface area contributed by atoms with Crippen molar-refractivity contribution >= 4 is 17.2 Å². The summed E-state index contributed by atoms with van der Waals surface area (Å²) in [5.41, 5.74) is 9.91. The third-order valence-electron chi connectivity index (χ3n) is 3.89. The molecule has 5 heteroatoms. The number of carbonyl (C=O) groups excluding carboxylic acids is 1. The summed E-state index contributed by atoms with van der Waals surface area (Å²) in [5, 5.41) is 10.4. The van der Waals surface area contributed by atoms with Crippen molar-refractivity contribution in [3.05, 3.63) is 69.9 Å². The van der Waals surface area contributed by atoms with Crippen LogP contribution in [0.3, 0.4) is 0 Å². The summed E-state index contributed by atoms with van der Waals surface area (Å²) in [7, 11) is 0. The molecule has 0 aliphatic rings. The van der Waals surface area contributed by atoms with Crippen molar-refractivity contribution in [2.45, 2.75) is 20.3 Å². The summed E-state index contributed by atoms with van der Waals surface area (Å²) >= 11 is 1.64. The van der Waals surface area contributed by atoms with Gasteiger partial charge in [-0.3, -0.25) is 4.79 Å². The van der Waals surface area contributed by atoms with E-state index in [0.717, 1.165) is 38.7 Å². The van der Waals surface area contributed by atoms with Gasteiger partial charge in [0.05, 0.1) is 15.6 Å². The van der Waals surface area contributed by atoms with E-state index in [1.807, 2.05) is 38.1 Å². The number of hydrogen-bond donors (Lipinski definition) is 2. The predicted octanol–water partition coefficient (Wildman–Crippen LogP) is 3.82. The van der Waals surface area contributed by atoms with E-state index in [1.165, 1.54) is 0 Å². The van der Waals surface area contributed by atoms with Crippen LogP contribution in [0.4, 0.5) is 0 Å². The summed E-state index contributed by atoms with van der Waals surface area (Å²) in [4.78, 5) is 17.1. The number of aryl methyl sites for hydroxylation is 2. The van der Waals surface area contributed by atoms with Gasteiger partial charge in [0.2, 0.25) is 5.91 Å². The fraction of sp³-hybridized carbons (Fsp3) is 0.158. The minimum atomic E-state index is -0.409. The second kappa shape index (κ2) is 6.45. The molecule has 0 bridgehead atoms. The molecular weight excluding hydrogens is 320 g/mol. The molecule has 3 rings (SSSR count). The molecule has 0 spiro atoms. The van der Waals surface area contributed by atoms with Crippen molar-refractivity contribution in [3.8, 4) is 16.2 Å². The molecule has 122 valence electrons. The van der Waals surface area contributed by atoms with Gasteiger partial charge in [-0.25, -0.2) is 4.98 Å². The molecule has 0 saturated carbocycles. The molecule has 2 aromatic carbocycles. The number of aromatic nitrogens is 1. The average molecular weight is 338 g/mol. The highest BCUT2D eigenvalue weighted by molar-refractivity contribution is 7.15. The minimum Gasteiger partial charge on any atom is -0.508 e. The summed E-state index contributed by atoms with van der Waals surface area (Å²) in [6.07, 6.45) is 0.726. The van der Waals surface area contributed by atoms with E-state index in [9.17, 15) is 9.90 Å². The molecule has 0 aliphatic heterocycles. The second-order valence-corrected chi connectivity index (χ2v) is 6.84. The first kappa shape index (κ1) is 16.2. The fourth-order valence-electron chi connectivity index (χ4n) is 2.67. The number of rotatable bonds is 4. The van der Waals surface area contributed by atoms with Gasteiger partial charge in [-0.15, -0.1) is 11.3 Å². The lowest BCUT2D eigenvalue weighted by molar-refractivity contribution is 0.0999. The third-order valence-corrected chi connectivity index (χ3v) is 5.09. The number of nitrogens with zero attached hydrogens (tertiary/aromatic N) is 1. The van der Waals surface area contributed by atoms with E-state index in [-0.39, 0.29) is 5.75 Å². The number of nitrogens with two attached hydrogens (primary N) is 1. The van der Waals surface area contributed by atoms with Crippen molar-refractivity contribution in [2.75, 3.05) is 0 Å². The first-order valence-corrected chi connectivity index (χ1v) is 8.40. The number of phenolic OH excluding ortho intramolecular Hbond substituents is 1. The first-order chi connectivity index (χ1) is 11.4. The van der Waals surface area contributed by atoms with Gasteiger partial charge in [-0.1, -0.05) is 18.2 Å². The topological polar surface area (TPSA) is 76.2 Å². The molecule has 4 nitrogen and oxygen atoms in total. The molecule has 1 amide bonds. The number of benzene rings is 2. The number of thiazole rings is 1. The maximum Gasteiger partial charge on any atom is 0.248 e. The van der Waals surface area contributed by atoms with Crippen LogP contribution in [0.2, 0.25) is 0 Å². The Morgan fingerprint density at radius 2 is 1.88 bits per heavy atom. The zero-order valence-electron chi connectivity index (χ0n) is 13.5. The molecule has 3 N–H and O–H groups in total. The zero-order valence-corrected chi connectivity index (χ0v) is 14.4. The van der Waals surface area contributed by atoms with Crippen molar-refractivity contribution in [1.29, 1.82) is 0 Å². The Hall–Kier alpha value is -2.66. The van der Waals surface area contributed by atoms with Crippen LogP contribution in [0.1, 0.15) is 32.2 Å². The van der Waals surface area contributed by atoms with E-state index in [1.54, 1.807) is 29.5 Å². The Kier molecular flexibility index (Phi) is 4.36. The summed E-state index contributed by atoms with van der Waals surface area (Å²) < 4.78 is 0. The van der Waals surface area contributed by atoms with Crippen molar-refractivity contribution in [3.63, 3.8) is 0 Å². The van der Waals surface area contributed by atoms with Crippen molar-refractivity contribution < 1.29 is 9.90 Å². The van der Waals surface area contributed by atoms with Crippen LogP contribution in [0.5, 0.6) is 5.75 Å². The fourth-order valence-corrected chi connectivity index (χ4v) is 3.76. The van der Waals surface area contributed by atoms with Crippen LogP contribution >= 0.6 is 11.3 Å². The van der Waals surface area contributed by atoms with Crippen LogP contribution in [0, 0.1) is 13.8 Å². The number of hydrogen-bond acceptors (Lipinski definition) is 4. The van der Waals surface area contributed by atoms with Crippen LogP contribution in [0.25, 0.3) is 10.4 Å². The molecule has 0 radical (unpaired) electrons. The standard InChI is InChI=1S/C19H18N2O2S/c1-11-9-14(5-8-16(11)19(20)23)18-12(2)21-17(24-18)10-13-3-6-15(22)7-4-13/h3-9,22H,10H2,1-2H3,(H2,20,23).